The van der Waals surface area contributed by atoms with Gasteiger partial charge < -0.3 is 15.7 Å². The van der Waals surface area contributed by atoms with Crippen molar-refractivity contribution < 1.29 is 14.7 Å². The first kappa shape index (κ1) is 14.1. The third-order valence-electron chi connectivity index (χ3n) is 2.59. The summed E-state index contributed by atoms with van der Waals surface area (Å²) in [6.45, 7) is 2.20. The highest BCUT2D eigenvalue weighted by molar-refractivity contribution is 7.08. The van der Waals surface area contributed by atoms with Crippen molar-refractivity contribution in [3.63, 3.8) is 0 Å². The fraction of sp³-hybridized carbons (Fsp3) is 0.250. The highest BCUT2D eigenvalue weighted by Crippen LogP contribution is 2.13. The topological polar surface area (TPSA) is 96.3 Å². The van der Waals surface area contributed by atoms with Crippen molar-refractivity contribution in [2.75, 3.05) is 5.32 Å². The minimum atomic E-state index is -0.989. The second kappa shape index (κ2) is 6.20. The van der Waals surface area contributed by atoms with Gasteiger partial charge in [-0.2, -0.15) is 16.4 Å². The maximum absolute atomic E-state index is 11.7. The molecule has 7 nitrogen and oxygen atoms in total. The molecular formula is C12H14N4O3S. The number of nitrogens with zero attached hydrogens (tertiary/aromatic N) is 2. The van der Waals surface area contributed by atoms with Gasteiger partial charge >= 0.3 is 12.0 Å². The van der Waals surface area contributed by atoms with Crippen LogP contribution >= 0.6 is 11.3 Å². The first-order valence-corrected chi connectivity index (χ1v) is 6.79. The number of thiophene rings is 1. The zero-order chi connectivity index (χ0) is 14.5. The van der Waals surface area contributed by atoms with Gasteiger partial charge in [-0.05, 0) is 28.8 Å². The Morgan fingerprint density at radius 2 is 2.25 bits per heavy atom. The van der Waals surface area contributed by atoms with Gasteiger partial charge in [0.25, 0.3) is 0 Å². The van der Waals surface area contributed by atoms with Crippen LogP contribution in [0.5, 0.6) is 0 Å². The number of anilines is 1. The molecule has 2 amide bonds. The molecule has 8 heteroatoms. The maximum atomic E-state index is 11.7. The SMILES string of the molecule is Cc1cscc1CNC(=O)Nc1cnn(CC(=O)O)c1. The molecule has 0 aromatic carbocycles. The molecule has 0 aliphatic carbocycles. The molecule has 2 heterocycles. The van der Waals surface area contributed by atoms with Crippen LogP contribution in [0.3, 0.4) is 0 Å². The van der Waals surface area contributed by atoms with Gasteiger partial charge in [0.05, 0.1) is 11.9 Å². The predicted octanol–water partition coefficient (Wildman–Crippen LogP) is 1.66. The minimum absolute atomic E-state index is 0.239. The Kier molecular flexibility index (Phi) is 4.36. The lowest BCUT2D eigenvalue weighted by atomic mass is 10.2. The van der Waals surface area contributed by atoms with E-state index in [2.05, 4.69) is 15.7 Å². The van der Waals surface area contributed by atoms with Gasteiger partial charge in [0, 0.05) is 12.7 Å². The Balaban J connectivity index is 1.84. The summed E-state index contributed by atoms with van der Waals surface area (Å²) < 4.78 is 1.24. The number of nitrogens with one attached hydrogen (secondary N) is 2. The number of carbonyl (C=O) groups is 2. The van der Waals surface area contributed by atoms with Crippen molar-refractivity contribution in [3.05, 3.63) is 34.3 Å². The average molecular weight is 294 g/mol. The van der Waals surface area contributed by atoms with Crippen molar-refractivity contribution in [2.45, 2.75) is 20.0 Å². The third-order valence-corrected chi connectivity index (χ3v) is 3.50. The van der Waals surface area contributed by atoms with Crippen LogP contribution < -0.4 is 10.6 Å². The second-order valence-corrected chi connectivity index (χ2v) is 4.95. The summed E-state index contributed by atoms with van der Waals surface area (Å²) in [5.74, 6) is -0.989. The lowest BCUT2D eigenvalue weighted by Crippen LogP contribution is -2.28. The Labute approximate surface area is 119 Å². The van der Waals surface area contributed by atoms with Crippen LogP contribution in [0.25, 0.3) is 0 Å². The normalized spacial score (nSPS) is 10.2. The molecule has 0 aliphatic heterocycles. The van der Waals surface area contributed by atoms with Crippen LogP contribution in [0.1, 0.15) is 11.1 Å². The van der Waals surface area contributed by atoms with Crippen LogP contribution in [-0.4, -0.2) is 26.9 Å². The first-order valence-electron chi connectivity index (χ1n) is 5.85. The minimum Gasteiger partial charge on any atom is -0.480 e. The third kappa shape index (κ3) is 3.82. The Morgan fingerprint density at radius 3 is 2.90 bits per heavy atom. The largest absolute Gasteiger partial charge is 0.480 e. The molecule has 0 unspecified atom stereocenters. The first-order chi connectivity index (χ1) is 9.54. The molecule has 2 aromatic rings. The summed E-state index contributed by atoms with van der Waals surface area (Å²) in [7, 11) is 0. The van der Waals surface area contributed by atoms with E-state index in [1.165, 1.54) is 17.1 Å². The number of aliphatic carboxylic acids is 1. The van der Waals surface area contributed by atoms with E-state index in [-0.39, 0.29) is 12.6 Å². The predicted molar refractivity (Wildman–Crippen MR) is 74.8 cm³/mol. The lowest BCUT2D eigenvalue weighted by Gasteiger charge is -2.05. The Hall–Kier alpha value is -2.35. The zero-order valence-corrected chi connectivity index (χ0v) is 11.6. The highest BCUT2D eigenvalue weighted by atomic mass is 32.1. The summed E-state index contributed by atoms with van der Waals surface area (Å²) in [6, 6.07) is -0.356. The van der Waals surface area contributed by atoms with Gasteiger partial charge in [0.15, 0.2) is 0 Å². The zero-order valence-electron chi connectivity index (χ0n) is 10.8. The number of aromatic nitrogens is 2. The quantitative estimate of drug-likeness (QED) is 0.781. The van der Waals surface area contributed by atoms with Crippen molar-refractivity contribution in [3.8, 4) is 0 Å². The molecule has 20 heavy (non-hydrogen) atoms. The summed E-state index contributed by atoms with van der Waals surface area (Å²) in [4.78, 5) is 22.2. The van der Waals surface area contributed by atoms with Gasteiger partial charge in [-0.1, -0.05) is 0 Å². The fourth-order valence-electron chi connectivity index (χ4n) is 1.57. The maximum Gasteiger partial charge on any atom is 0.325 e. The molecule has 2 rings (SSSR count). The molecule has 0 saturated heterocycles. The van der Waals surface area contributed by atoms with Crippen molar-refractivity contribution in [2.24, 2.45) is 0 Å². The highest BCUT2D eigenvalue weighted by Gasteiger charge is 2.07. The number of urea groups is 1. The summed E-state index contributed by atoms with van der Waals surface area (Å²) in [5, 5.41) is 21.8. The summed E-state index contributed by atoms with van der Waals surface area (Å²) in [5.41, 5.74) is 2.67. The number of amides is 2. The summed E-state index contributed by atoms with van der Waals surface area (Å²) in [6.07, 6.45) is 2.86. The van der Waals surface area contributed by atoms with Crippen LogP contribution in [0, 0.1) is 6.92 Å². The van der Waals surface area contributed by atoms with Crippen LogP contribution in [-0.2, 0) is 17.9 Å². The van der Waals surface area contributed by atoms with E-state index in [0.717, 1.165) is 11.1 Å². The van der Waals surface area contributed by atoms with E-state index < -0.39 is 5.97 Å². The van der Waals surface area contributed by atoms with Crippen LogP contribution in [0.15, 0.2) is 23.2 Å². The molecule has 106 valence electrons. The Morgan fingerprint density at radius 1 is 1.45 bits per heavy atom. The van der Waals surface area contributed by atoms with E-state index in [9.17, 15) is 9.59 Å². The van der Waals surface area contributed by atoms with Gasteiger partial charge in [-0.3, -0.25) is 9.48 Å². The van der Waals surface area contributed by atoms with E-state index >= 15 is 0 Å². The van der Waals surface area contributed by atoms with Gasteiger partial charge in [-0.25, -0.2) is 4.79 Å². The standard InChI is InChI=1S/C12H14N4O3S/c1-8-6-20-7-9(8)2-13-12(19)15-10-3-14-16(4-10)5-11(17)18/h3-4,6-7H,2,5H2,1H3,(H,17,18)(H2,13,15,19). The van der Waals surface area contributed by atoms with Gasteiger partial charge in [0.2, 0.25) is 0 Å². The van der Waals surface area contributed by atoms with E-state index in [4.69, 9.17) is 5.11 Å². The van der Waals surface area contributed by atoms with E-state index in [0.29, 0.717) is 12.2 Å². The number of rotatable bonds is 5. The van der Waals surface area contributed by atoms with Gasteiger partial charge in [0.1, 0.15) is 6.54 Å². The number of carbonyl (C=O) groups excluding carboxylic acids is 1. The molecule has 2 aromatic heterocycles. The fourth-order valence-corrected chi connectivity index (χ4v) is 2.43. The molecule has 3 N–H and O–H groups in total. The molecule has 0 aliphatic rings. The number of carboxylic acids is 1. The lowest BCUT2D eigenvalue weighted by molar-refractivity contribution is -0.137. The molecule has 0 fully saturated rings. The number of hydrogen-bond donors (Lipinski definition) is 3. The number of hydrogen-bond acceptors (Lipinski definition) is 4. The molecule has 0 bridgehead atoms. The van der Waals surface area contributed by atoms with Crippen LogP contribution in [0.2, 0.25) is 0 Å². The van der Waals surface area contributed by atoms with Crippen LogP contribution in [0.4, 0.5) is 10.5 Å². The Bertz CT molecular complexity index is 620. The second-order valence-electron chi connectivity index (χ2n) is 4.21. The molecule has 0 radical (unpaired) electrons. The van der Waals surface area contributed by atoms with Crippen molar-refractivity contribution >= 4 is 29.0 Å². The molecule has 0 spiro atoms. The van der Waals surface area contributed by atoms with E-state index in [1.54, 1.807) is 11.3 Å². The van der Waals surface area contributed by atoms with Crippen molar-refractivity contribution in [1.29, 1.82) is 0 Å². The summed E-state index contributed by atoms with van der Waals surface area (Å²) >= 11 is 1.59. The number of carboxylic acid groups (broad SMARTS) is 1. The number of aryl methyl sites for hydroxylation is 1. The molecule has 0 saturated carbocycles. The van der Waals surface area contributed by atoms with E-state index in [1.807, 2.05) is 17.7 Å². The smallest absolute Gasteiger partial charge is 0.325 e. The molecule has 0 atom stereocenters. The average Bonchev–Trinajstić information content (AvgIpc) is 2.96. The monoisotopic (exact) mass is 294 g/mol. The molecular weight excluding hydrogens is 280 g/mol. The van der Waals surface area contributed by atoms with Crippen molar-refractivity contribution in [1.82, 2.24) is 15.1 Å². The van der Waals surface area contributed by atoms with Gasteiger partial charge in [-0.15, -0.1) is 0 Å².